The number of thiophene rings is 1. The van der Waals surface area contributed by atoms with E-state index in [1.807, 2.05) is 29.6 Å². The predicted octanol–water partition coefficient (Wildman–Crippen LogP) is 5.32. The summed E-state index contributed by atoms with van der Waals surface area (Å²) in [6.07, 6.45) is 7.98. The maximum Gasteiger partial charge on any atom is 0.209 e. The fourth-order valence-corrected chi connectivity index (χ4v) is 6.98. The fourth-order valence-electron chi connectivity index (χ4n) is 6.30. The van der Waals surface area contributed by atoms with Crippen LogP contribution in [0.15, 0.2) is 38.9 Å². The lowest BCUT2D eigenvalue weighted by molar-refractivity contribution is -0.00716. The molecule has 0 amide bonds. The first kappa shape index (κ1) is 14.4. The molecule has 4 saturated carbocycles. The minimum atomic E-state index is 0.103. The minimum absolute atomic E-state index is 0.103. The third-order valence-corrected chi connectivity index (χ3v) is 7.78. The third-order valence-electron chi connectivity index (χ3n) is 6.89. The molecule has 0 aromatic carbocycles. The largest absolute Gasteiger partial charge is 0.439 e. The SMILES string of the molecule is O=c1cc(C23CC4CC(CC(C4)C2)C3)[nH]c2oc(-c3cccs3)cc12. The Kier molecular flexibility index (Phi) is 2.80. The Hall–Kier alpha value is -1.81. The van der Waals surface area contributed by atoms with E-state index in [0.717, 1.165) is 34.1 Å². The fraction of sp³-hybridized carbons (Fsp3) is 0.476. The molecule has 1 N–H and O–H groups in total. The monoisotopic (exact) mass is 351 g/mol. The van der Waals surface area contributed by atoms with Crippen LogP contribution in [0, 0.1) is 17.8 Å². The molecule has 0 aliphatic heterocycles. The number of fused-ring (bicyclic) bond motifs is 1. The van der Waals surface area contributed by atoms with Crippen molar-refractivity contribution in [3.8, 4) is 10.6 Å². The van der Waals surface area contributed by atoms with E-state index in [9.17, 15) is 4.79 Å². The van der Waals surface area contributed by atoms with Crippen molar-refractivity contribution < 1.29 is 4.42 Å². The van der Waals surface area contributed by atoms with E-state index in [4.69, 9.17) is 4.42 Å². The summed E-state index contributed by atoms with van der Waals surface area (Å²) < 4.78 is 6.05. The summed E-state index contributed by atoms with van der Waals surface area (Å²) in [5.41, 5.74) is 2.08. The van der Waals surface area contributed by atoms with Crippen molar-refractivity contribution in [2.45, 2.75) is 43.9 Å². The van der Waals surface area contributed by atoms with Crippen LogP contribution in [0.1, 0.15) is 44.2 Å². The summed E-state index contributed by atoms with van der Waals surface area (Å²) in [4.78, 5) is 17.4. The Morgan fingerprint density at radius 2 is 1.80 bits per heavy atom. The van der Waals surface area contributed by atoms with Crippen LogP contribution in [-0.4, -0.2) is 4.98 Å². The van der Waals surface area contributed by atoms with Crippen molar-refractivity contribution in [1.82, 2.24) is 4.98 Å². The van der Waals surface area contributed by atoms with Crippen LogP contribution < -0.4 is 5.43 Å². The molecule has 4 aliphatic rings. The molecule has 3 aromatic heterocycles. The van der Waals surface area contributed by atoms with Gasteiger partial charge in [0.2, 0.25) is 5.71 Å². The average Bonchev–Trinajstić information content (AvgIpc) is 3.23. The number of pyridine rings is 1. The second-order valence-electron chi connectivity index (χ2n) is 8.58. The van der Waals surface area contributed by atoms with Gasteiger partial charge in [0.25, 0.3) is 0 Å². The van der Waals surface area contributed by atoms with Crippen LogP contribution in [0.3, 0.4) is 0 Å². The first-order chi connectivity index (χ1) is 12.2. The minimum Gasteiger partial charge on any atom is -0.439 e. The number of aromatic nitrogens is 1. The third kappa shape index (κ3) is 2.06. The number of H-pyrrole nitrogens is 1. The van der Waals surface area contributed by atoms with Gasteiger partial charge in [0.05, 0.1) is 10.3 Å². The van der Waals surface area contributed by atoms with Crippen molar-refractivity contribution in [2.75, 3.05) is 0 Å². The molecule has 0 saturated heterocycles. The van der Waals surface area contributed by atoms with E-state index in [0.29, 0.717) is 11.1 Å². The molecule has 0 atom stereocenters. The molecular formula is C21H21NO2S. The number of rotatable bonds is 2. The Balaban J connectivity index is 1.49. The topological polar surface area (TPSA) is 46.0 Å². The van der Waals surface area contributed by atoms with Crippen LogP contribution in [0.5, 0.6) is 0 Å². The van der Waals surface area contributed by atoms with Gasteiger partial charge in [-0.25, -0.2) is 0 Å². The molecule has 3 nitrogen and oxygen atoms in total. The van der Waals surface area contributed by atoms with E-state index in [-0.39, 0.29) is 10.8 Å². The molecule has 0 unspecified atom stereocenters. The maximum absolute atomic E-state index is 12.8. The summed E-state index contributed by atoms with van der Waals surface area (Å²) in [6.45, 7) is 0. The predicted molar refractivity (Wildman–Crippen MR) is 100.0 cm³/mol. The van der Waals surface area contributed by atoms with Crippen LogP contribution in [0.4, 0.5) is 0 Å². The van der Waals surface area contributed by atoms with Crippen LogP contribution in [-0.2, 0) is 5.41 Å². The lowest BCUT2D eigenvalue weighted by atomic mass is 9.49. The zero-order valence-electron chi connectivity index (χ0n) is 14.1. The van der Waals surface area contributed by atoms with Gasteiger partial charge in [-0.05, 0) is 73.8 Å². The number of aromatic amines is 1. The van der Waals surface area contributed by atoms with Crippen LogP contribution in [0.25, 0.3) is 21.7 Å². The molecule has 25 heavy (non-hydrogen) atoms. The standard InChI is InChI=1S/C21H21NO2S/c23-16-8-19(21-9-12-4-13(10-21)6-14(5-12)11-21)22-20-15(16)7-17(24-20)18-2-1-3-25-18/h1-3,7-8,12-14H,4-6,9-11H2,(H,22,23). The normalized spacial score (nSPS) is 33.4. The lowest BCUT2D eigenvalue weighted by Gasteiger charge is -2.56. The highest BCUT2D eigenvalue weighted by atomic mass is 32.1. The van der Waals surface area contributed by atoms with Crippen molar-refractivity contribution in [3.63, 3.8) is 0 Å². The molecular weight excluding hydrogens is 330 g/mol. The molecule has 0 radical (unpaired) electrons. The van der Waals surface area contributed by atoms with E-state index < -0.39 is 0 Å². The molecule has 4 bridgehead atoms. The van der Waals surface area contributed by atoms with Gasteiger partial charge in [-0.2, -0.15) is 0 Å². The van der Waals surface area contributed by atoms with Gasteiger partial charge in [-0.3, -0.25) is 4.79 Å². The van der Waals surface area contributed by atoms with Crippen molar-refractivity contribution in [2.24, 2.45) is 17.8 Å². The molecule has 4 fully saturated rings. The summed E-state index contributed by atoms with van der Waals surface area (Å²) >= 11 is 1.64. The molecule has 4 aliphatic carbocycles. The Morgan fingerprint density at radius 1 is 1.08 bits per heavy atom. The van der Waals surface area contributed by atoms with Gasteiger partial charge in [0.15, 0.2) is 5.43 Å². The van der Waals surface area contributed by atoms with Gasteiger partial charge >= 0.3 is 0 Å². The molecule has 7 rings (SSSR count). The lowest BCUT2D eigenvalue weighted by Crippen LogP contribution is -2.49. The second kappa shape index (κ2) is 4.88. The highest BCUT2D eigenvalue weighted by Crippen LogP contribution is 2.60. The number of nitrogens with one attached hydrogen (secondary N) is 1. The molecule has 0 spiro atoms. The van der Waals surface area contributed by atoms with E-state index in [1.54, 1.807) is 11.3 Å². The Bertz CT molecular complexity index is 975. The first-order valence-electron chi connectivity index (χ1n) is 9.40. The molecule has 4 heteroatoms. The molecule has 3 heterocycles. The number of hydrogen-bond acceptors (Lipinski definition) is 3. The van der Waals surface area contributed by atoms with Gasteiger partial charge in [-0.1, -0.05) is 6.07 Å². The van der Waals surface area contributed by atoms with Gasteiger partial charge in [0, 0.05) is 17.2 Å². The highest BCUT2D eigenvalue weighted by Gasteiger charge is 2.52. The van der Waals surface area contributed by atoms with E-state index in [2.05, 4.69) is 4.98 Å². The smallest absolute Gasteiger partial charge is 0.209 e. The van der Waals surface area contributed by atoms with Gasteiger partial charge < -0.3 is 9.40 Å². The number of hydrogen-bond donors (Lipinski definition) is 1. The van der Waals surface area contributed by atoms with Gasteiger partial charge in [0.1, 0.15) is 5.76 Å². The summed E-state index contributed by atoms with van der Waals surface area (Å²) in [7, 11) is 0. The van der Waals surface area contributed by atoms with Gasteiger partial charge in [-0.15, -0.1) is 11.3 Å². The zero-order chi connectivity index (χ0) is 16.6. The van der Waals surface area contributed by atoms with Crippen molar-refractivity contribution in [1.29, 1.82) is 0 Å². The Labute approximate surface area is 150 Å². The second-order valence-corrected chi connectivity index (χ2v) is 9.52. The van der Waals surface area contributed by atoms with E-state index >= 15 is 0 Å². The quantitative estimate of drug-likeness (QED) is 0.679. The number of furan rings is 1. The van der Waals surface area contributed by atoms with Crippen LogP contribution in [0.2, 0.25) is 0 Å². The summed E-state index contributed by atoms with van der Waals surface area (Å²) in [6, 6.07) is 7.81. The molecule has 128 valence electrons. The van der Waals surface area contributed by atoms with Crippen LogP contribution >= 0.6 is 11.3 Å². The first-order valence-corrected chi connectivity index (χ1v) is 10.3. The van der Waals surface area contributed by atoms with Crippen molar-refractivity contribution >= 4 is 22.4 Å². The Morgan fingerprint density at radius 3 is 2.44 bits per heavy atom. The highest BCUT2D eigenvalue weighted by molar-refractivity contribution is 7.13. The van der Waals surface area contributed by atoms with Crippen molar-refractivity contribution in [3.05, 3.63) is 45.6 Å². The maximum atomic E-state index is 12.8. The summed E-state index contributed by atoms with van der Waals surface area (Å²) in [5, 5.41) is 2.71. The molecule has 3 aromatic rings. The zero-order valence-corrected chi connectivity index (χ0v) is 14.9. The average molecular weight is 351 g/mol. The summed E-state index contributed by atoms with van der Waals surface area (Å²) in [5.74, 6) is 3.39. The van der Waals surface area contributed by atoms with E-state index in [1.165, 1.54) is 38.5 Å².